The Morgan fingerprint density at radius 2 is 1.95 bits per heavy atom. The SMILES string of the molecule is CCNC(C)C(C)c1nc(-c2ccc(SC)cc2)no1. The zero-order valence-corrected chi connectivity index (χ0v) is 13.2. The molecule has 0 aliphatic rings. The van der Waals surface area contributed by atoms with Gasteiger partial charge in [0.25, 0.3) is 0 Å². The van der Waals surface area contributed by atoms with Gasteiger partial charge in [0.15, 0.2) is 0 Å². The summed E-state index contributed by atoms with van der Waals surface area (Å²) in [7, 11) is 0. The average molecular weight is 291 g/mol. The number of likely N-dealkylation sites (N-methyl/N-ethyl adjacent to an activating group) is 1. The van der Waals surface area contributed by atoms with Gasteiger partial charge in [-0.05, 0) is 44.0 Å². The number of thioether (sulfide) groups is 1. The van der Waals surface area contributed by atoms with Gasteiger partial charge in [0.1, 0.15) is 0 Å². The van der Waals surface area contributed by atoms with Crippen LogP contribution in [0.3, 0.4) is 0 Å². The van der Waals surface area contributed by atoms with Crippen molar-refractivity contribution < 1.29 is 4.52 Å². The number of rotatable bonds is 6. The third kappa shape index (κ3) is 3.41. The molecule has 0 aliphatic carbocycles. The van der Waals surface area contributed by atoms with Gasteiger partial charge < -0.3 is 9.84 Å². The lowest BCUT2D eigenvalue weighted by atomic mass is 10.0. The van der Waals surface area contributed by atoms with Gasteiger partial charge in [-0.15, -0.1) is 11.8 Å². The maximum atomic E-state index is 5.40. The van der Waals surface area contributed by atoms with Crippen molar-refractivity contribution in [2.75, 3.05) is 12.8 Å². The first-order valence-corrected chi connectivity index (χ1v) is 8.09. The smallest absolute Gasteiger partial charge is 0.231 e. The second-order valence-corrected chi connectivity index (χ2v) is 5.70. The maximum Gasteiger partial charge on any atom is 0.231 e. The van der Waals surface area contributed by atoms with Crippen LogP contribution in [0.2, 0.25) is 0 Å². The number of hydrogen-bond acceptors (Lipinski definition) is 5. The molecule has 0 amide bonds. The standard InChI is InChI=1S/C15H21N3OS/c1-5-16-11(3)10(2)15-17-14(18-19-15)12-6-8-13(20-4)9-7-12/h6-11,16H,5H2,1-4H3. The van der Waals surface area contributed by atoms with Crippen LogP contribution in [-0.4, -0.2) is 29.0 Å². The second kappa shape index (κ2) is 6.90. The molecule has 108 valence electrons. The summed E-state index contributed by atoms with van der Waals surface area (Å²) in [6, 6.07) is 8.51. The number of hydrogen-bond donors (Lipinski definition) is 1. The maximum absolute atomic E-state index is 5.40. The van der Waals surface area contributed by atoms with Crippen molar-refractivity contribution >= 4 is 11.8 Å². The van der Waals surface area contributed by atoms with E-state index in [9.17, 15) is 0 Å². The first-order valence-electron chi connectivity index (χ1n) is 6.87. The van der Waals surface area contributed by atoms with E-state index < -0.39 is 0 Å². The Morgan fingerprint density at radius 3 is 2.55 bits per heavy atom. The summed E-state index contributed by atoms with van der Waals surface area (Å²) in [5, 5.41) is 7.46. The number of aromatic nitrogens is 2. The Labute approximate surface area is 124 Å². The van der Waals surface area contributed by atoms with Gasteiger partial charge in [0.05, 0.1) is 5.92 Å². The molecule has 0 saturated carbocycles. The van der Waals surface area contributed by atoms with Gasteiger partial charge in [-0.3, -0.25) is 0 Å². The van der Waals surface area contributed by atoms with Crippen LogP contribution in [0.4, 0.5) is 0 Å². The molecule has 0 saturated heterocycles. The highest BCUT2D eigenvalue weighted by Gasteiger charge is 2.20. The van der Waals surface area contributed by atoms with E-state index in [-0.39, 0.29) is 5.92 Å². The summed E-state index contributed by atoms with van der Waals surface area (Å²) >= 11 is 1.72. The summed E-state index contributed by atoms with van der Waals surface area (Å²) in [5.41, 5.74) is 0.987. The van der Waals surface area contributed by atoms with E-state index >= 15 is 0 Å². The van der Waals surface area contributed by atoms with Gasteiger partial charge >= 0.3 is 0 Å². The van der Waals surface area contributed by atoms with E-state index in [2.05, 4.69) is 54.6 Å². The topological polar surface area (TPSA) is 51.0 Å². The van der Waals surface area contributed by atoms with Gasteiger partial charge in [-0.1, -0.05) is 19.0 Å². The molecule has 1 N–H and O–H groups in total. The quantitative estimate of drug-likeness (QED) is 0.825. The Bertz CT molecular complexity index is 538. The largest absolute Gasteiger partial charge is 0.339 e. The predicted molar refractivity (Wildman–Crippen MR) is 83.1 cm³/mol. The fourth-order valence-electron chi connectivity index (χ4n) is 1.99. The van der Waals surface area contributed by atoms with E-state index in [1.807, 2.05) is 12.1 Å². The van der Waals surface area contributed by atoms with Crippen molar-refractivity contribution in [3.8, 4) is 11.4 Å². The highest BCUT2D eigenvalue weighted by molar-refractivity contribution is 7.98. The molecule has 2 aromatic rings. The van der Waals surface area contributed by atoms with Gasteiger partial charge in [-0.2, -0.15) is 4.98 Å². The molecule has 2 atom stereocenters. The summed E-state index contributed by atoms with van der Waals surface area (Å²) in [6.07, 6.45) is 2.06. The van der Waals surface area contributed by atoms with Crippen LogP contribution in [0.25, 0.3) is 11.4 Å². The summed E-state index contributed by atoms with van der Waals surface area (Å²) in [6.45, 7) is 7.26. The molecule has 2 rings (SSSR count). The van der Waals surface area contributed by atoms with Gasteiger partial charge in [0, 0.05) is 16.5 Å². The molecule has 2 unspecified atom stereocenters. The summed E-state index contributed by atoms with van der Waals surface area (Å²) in [4.78, 5) is 5.74. The molecule has 1 aromatic carbocycles. The lowest BCUT2D eigenvalue weighted by molar-refractivity contribution is 0.332. The monoisotopic (exact) mass is 291 g/mol. The summed E-state index contributed by atoms with van der Waals surface area (Å²) < 4.78 is 5.40. The number of nitrogens with zero attached hydrogens (tertiary/aromatic N) is 2. The molecular formula is C15H21N3OS. The molecule has 5 heteroatoms. The fraction of sp³-hybridized carbons (Fsp3) is 0.467. The zero-order chi connectivity index (χ0) is 14.5. The third-order valence-corrected chi connectivity index (χ3v) is 4.20. The van der Waals surface area contributed by atoms with Crippen molar-refractivity contribution in [2.24, 2.45) is 0 Å². The molecular weight excluding hydrogens is 270 g/mol. The van der Waals surface area contributed by atoms with E-state index in [1.165, 1.54) is 4.90 Å². The molecule has 0 fully saturated rings. The molecule has 0 radical (unpaired) electrons. The number of benzene rings is 1. The Hall–Kier alpha value is -1.33. The van der Waals surface area contributed by atoms with Crippen LogP contribution < -0.4 is 5.32 Å². The van der Waals surface area contributed by atoms with Crippen LogP contribution in [0.1, 0.15) is 32.6 Å². The van der Waals surface area contributed by atoms with Gasteiger partial charge in [-0.25, -0.2) is 0 Å². The highest BCUT2D eigenvalue weighted by Crippen LogP contribution is 2.23. The van der Waals surface area contributed by atoms with Crippen molar-refractivity contribution in [3.05, 3.63) is 30.2 Å². The van der Waals surface area contributed by atoms with Crippen molar-refractivity contribution in [1.82, 2.24) is 15.5 Å². The van der Waals surface area contributed by atoms with Crippen LogP contribution in [-0.2, 0) is 0 Å². The molecule has 0 bridgehead atoms. The second-order valence-electron chi connectivity index (χ2n) is 4.82. The molecule has 0 spiro atoms. The minimum absolute atomic E-state index is 0.196. The van der Waals surface area contributed by atoms with Crippen LogP contribution >= 0.6 is 11.8 Å². The van der Waals surface area contributed by atoms with E-state index in [0.29, 0.717) is 17.8 Å². The normalized spacial score (nSPS) is 14.2. The van der Waals surface area contributed by atoms with Crippen molar-refractivity contribution in [3.63, 3.8) is 0 Å². The molecule has 20 heavy (non-hydrogen) atoms. The Morgan fingerprint density at radius 1 is 1.25 bits per heavy atom. The molecule has 4 nitrogen and oxygen atoms in total. The minimum atomic E-state index is 0.196. The van der Waals surface area contributed by atoms with Crippen LogP contribution in [0.5, 0.6) is 0 Å². The lowest BCUT2D eigenvalue weighted by Gasteiger charge is -2.16. The van der Waals surface area contributed by atoms with Crippen molar-refractivity contribution in [1.29, 1.82) is 0 Å². The average Bonchev–Trinajstić information content (AvgIpc) is 2.96. The lowest BCUT2D eigenvalue weighted by Crippen LogP contribution is -2.30. The number of nitrogens with one attached hydrogen (secondary N) is 1. The predicted octanol–water partition coefficient (Wildman–Crippen LogP) is 3.56. The molecule has 0 aliphatic heterocycles. The van der Waals surface area contributed by atoms with E-state index in [4.69, 9.17) is 4.52 Å². The fourth-order valence-corrected chi connectivity index (χ4v) is 2.40. The molecule has 1 heterocycles. The van der Waals surface area contributed by atoms with Gasteiger partial charge in [0.2, 0.25) is 11.7 Å². The first kappa shape index (κ1) is 15.1. The minimum Gasteiger partial charge on any atom is -0.339 e. The van der Waals surface area contributed by atoms with Crippen LogP contribution in [0, 0.1) is 0 Å². The first-order chi connectivity index (χ1) is 9.65. The van der Waals surface area contributed by atoms with E-state index in [1.54, 1.807) is 11.8 Å². The molecule has 1 aromatic heterocycles. The Kier molecular flexibility index (Phi) is 5.20. The van der Waals surface area contributed by atoms with Crippen LogP contribution in [0.15, 0.2) is 33.7 Å². The van der Waals surface area contributed by atoms with Crippen molar-refractivity contribution in [2.45, 2.75) is 37.6 Å². The zero-order valence-electron chi connectivity index (χ0n) is 12.4. The summed E-state index contributed by atoms with van der Waals surface area (Å²) in [5.74, 6) is 1.53. The van der Waals surface area contributed by atoms with E-state index in [0.717, 1.165) is 12.1 Å². The highest BCUT2D eigenvalue weighted by atomic mass is 32.2. The Balaban J connectivity index is 2.15. The third-order valence-electron chi connectivity index (χ3n) is 3.46.